The number of aryl methyl sites for hydroxylation is 1. The zero-order valence-electron chi connectivity index (χ0n) is 12.9. The number of aromatic nitrogens is 2. The zero-order chi connectivity index (χ0) is 15.0. The van der Waals surface area contributed by atoms with Crippen LogP contribution in [0.4, 0.5) is 11.6 Å². The number of hydrogen-bond donors (Lipinski definition) is 3. The molecular formula is C15H25N5O. The lowest BCUT2D eigenvalue weighted by Crippen LogP contribution is -2.53. The van der Waals surface area contributed by atoms with Crippen LogP contribution in [0, 0.1) is 19.8 Å². The van der Waals surface area contributed by atoms with Gasteiger partial charge in [0, 0.05) is 24.6 Å². The van der Waals surface area contributed by atoms with E-state index in [1.165, 1.54) is 6.42 Å². The van der Waals surface area contributed by atoms with Gasteiger partial charge in [-0.2, -0.15) is 0 Å². The lowest BCUT2D eigenvalue weighted by molar-refractivity contribution is -0.0613. The van der Waals surface area contributed by atoms with Crippen molar-refractivity contribution in [3.63, 3.8) is 0 Å². The van der Waals surface area contributed by atoms with Crippen LogP contribution in [0.1, 0.15) is 43.5 Å². The third kappa shape index (κ3) is 2.58. The number of piperidine rings is 1. The van der Waals surface area contributed by atoms with E-state index in [9.17, 15) is 5.11 Å². The number of nitrogens with two attached hydrogens (primary N) is 1. The van der Waals surface area contributed by atoms with Gasteiger partial charge in [0.15, 0.2) is 0 Å². The predicted molar refractivity (Wildman–Crippen MR) is 83.1 cm³/mol. The summed E-state index contributed by atoms with van der Waals surface area (Å²) in [4.78, 5) is 11.2. The Balaban J connectivity index is 1.87. The van der Waals surface area contributed by atoms with Crippen LogP contribution in [-0.2, 0) is 0 Å². The maximum Gasteiger partial charge on any atom is 0.148 e. The molecule has 2 atom stereocenters. The van der Waals surface area contributed by atoms with E-state index in [0.29, 0.717) is 17.6 Å². The van der Waals surface area contributed by atoms with E-state index in [1.807, 2.05) is 13.8 Å². The Labute approximate surface area is 125 Å². The summed E-state index contributed by atoms with van der Waals surface area (Å²) in [5.41, 5.74) is 3.17. The second-order valence-corrected chi connectivity index (χ2v) is 6.45. The highest BCUT2D eigenvalue weighted by atomic mass is 16.3. The lowest BCUT2D eigenvalue weighted by Gasteiger charge is -2.48. The van der Waals surface area contributed by atoms with Crippen molar-refractivity contribution in [3.8, 4) is 0 Å². The fourth-order valence-corrected chi connectivity index (χ4v) is 3.83. The van der Waals surface area contributed by atoms with E-state index in [1.54, 1.807) is 0 Å². The fourth-order valence-electron chi connectivity index (χ4n) is 3.83. The summed E-state index contributed by atoms with van der Waals surface area (Å²) in [7, 11) is 0. The molecule has 6 nitrogen and oxygen atoms in total. The standard InChI is InChI=1S/C15H25N5O/c1-10-13(19-16)17-11(2)18-14(10)20-8-7-15(21)6-4-3-5-12(15)9-20/h12,21H,3-9,16H2,1-2H3,(H,17,18,19). The van der Waals surface area contributed by atoms with Crippen molar-refractivity contribution in [2.45, 2.75) is 51.6 Å². The van der Waals surface area contributed by atoms with Crippen LogP contribution in [0.5, 0.6) is 0 Å². The van der Waals surface area contributed by atoms with Gasteiger partial charge in [-0.05, 0) is 33.1 Å². The maximum atomic E-state index is 10.8. The third-order valence-electron chi connectivity index (χ3n) is 5.10. The summed E-state index contributed by atoms with van der Waals surface area (Å²) in [6.07, 6.45) is 5.25. The number of hydrazine groups is 1. The summed E-state index contributed by atoms with van der Waals surface area (Å²) in [5, 5.41) is 10.8. The monoisotopic (exact) mass is 291 g/mol. The molecule has 2 unspecified atom stereocenters. The van der Waals surface area contributed by atoms with Crippen LogP contribution >= 0.6 is 0 Å². The van der Waals surface area contributed by atoms with Crippen molar-refractivity contribution in [1.82, 2.24) is 9.97 Å². The van der Waals surface area contributed by atoms with Crippen LogP contribution in [0.25, 0.3) is 0 Å². The number of fused-ring (bicyclic) bond motifs is 1. The van der Waals surface area contributed by atoms with Crippen LogP contribution in [0.15, 0.2) is 0 Å². The fraction of sp³-hybridized carbons (Fsp3) is 0.733. The molecule has 1 saturated heterocycles. The molecular weight excluding hydrogens is 266 g/mol. The Bertz CT molecular complexity index is 535. The van der Waals surface area contributed by atoms with Gasteiger partial charge in [0.2, 0.25) is 0 Å². The number of nitrogens with one attached hydrogen (secondary N) is 1. The molecule has 2 heterocycles. The van der Waals surface area contributed by atoms with Gasteiger partial charge in [-0.3, -0.25) is 0 Å². The van der Waals surface area contributed by atoms with Crippen molar-refractivity contribution in [2.24, 2.45) is 11.8 Å². The quantitative estimate of drug-likeness (QED) is 0.565. The summed E-state index contributed by atoms with van der Waals surface area (Å²) >= 11 is 0. The minimum atomic E-state index is -0.459. The van der Waals surface area contributed by atoms with Crippen LogP contribution in [-0.4, -0.2) is 33.8 Å². The first-order chi connectivity index (χ1) is 10.0. The average Bonchev–Trinajstić information content (AvgIpc) is 2.48. The van der Waals surface area contributed by atoms with E-state index in [0.717, 1.165) is 50.2 Å². The zero-order valence-corrected chi connectivity index (χ0v) is 12.9. The number of nitrogens with zero attached hydrogens (tertiary/aromatic N) is 3. The van der Waals surface area contributed by atoms with E-state index in [2.05, 4.69) is 20.3 Å². The summed E-state index contributed by atoms with van der Waals surface area (Å²) in [6, 6.07) is 0. The lowest BCUT2D eigenvalue weighted by atomic mass is 9.71. The predicted octanol–water partition coefficient (Wildman–Crippen LogP) is 1.51. The van der Waals surface area contributed by atoms with Gasteiger partial charge in [0.25, 0.3) is 0 Å². The van der Waals surface area contributed by atoms with Gasteiger partial charge in [-0.1, -0.05) is 12.8 Å². The molecule has 0 spiro atoms. The van der Waals surface area contributed by atoms with E-state index >= 15 is 0 Å². The van der Waals surface area contributed by atoms with Gasteiger partial charge < -0.3 is 15.4 Å². The molecule has 1 aliphatic heterocycles. The molecule has 1 aromatic heterocycles. The van der Waals surface area contributed by atoms with Crippen LogP contribution in [0.2, 0.25) is 0 Å². The van der Waals surface area contributed by atoms with E-state index in [-0.39, 0.29) is 0 Å². The topological polar surface area (TPSA) is 87.3 Å². The molecule has 21 heavy (non-hydrogen) atoms. The van der Waals surface area contributed by atoms with Crippen molar-refractivity contribution >= 4 is 11.6 Å². The number of anilines is 2. The molecule has 2 fully saturated rings. The van der Waals surface area contributed by atoms with Crippen LogP contribution < -0.4 is 16.2 Å². The molecule has 2 aliphatic rings. The SMILES string of the molecule is Cc1nc(NN)c(C)c(N2CCC3(O)CCCCC3C2)n1. The molecule has 1 aliphatic carbocycles. The summed E-state index contributed by atoms with van der Waals surface area (Å²) < 4.78 is 0. The number of hydrogen-bond acceptors (Lipinski definition) is 6. The molecule has 116 valence electrons. The average molecular weight is 291 g/mol. The normalized spacial score (nSPS) is 29.1. The molecule has 0 amide bonds. The molecule has 0 radical (unpaired) electrons. The third-order valence-corrected chi connectivity index (χ3v) is 5.10. The highest BCUT2D eigenvalue weighted by Gasteiger charge is 2.43. The molecule has 0 aromatic carbocycles. The number of nitrogen functional groups attached to an aromatic ring is 1. The molecule has 0 bridgehead atoms. The Hall–Kier alpha value is -1.40. The summed E-state index contributed by atoms with van der Waals surface area (Å²) in [5.74, 6) is 8.24. The number of rotatable bonds is 2. The van der Waals surface area contributed by atoms with Crippen molar-refractivity contribution < 1.29 is 5.11 Å². The first-order valence-corrected chi connectivity index (χ1v) is 7.83. The molecule has 3 rings (SSSR count). The highest BCUT2D eigenvalue weighted by molar-refractivity contribution is 5.58. The van der Waals surface area contributed by atoms with Gasteiger partial charge in [-0.25, -0.2) is 15.8 Å². The van der Waals surface area contributed by atoms with Gasteiger partial charge >= 0.3 is 0 Å². The van der Waals surface area contributed by atoms with Crippen molar-refractivity contribution in [3.05, 3.63) is 11.4 Å². The minimum absolute atomic E-state index is 0.351. The van der Waals surface area contributed by atoms with Gasteiger partial charge in [0.05, 0.1) is 5.60 Å². The largest absolute Gasteiger partial charge is 0.389 e. The Kier molecular flexibility index (Phi) is 3.75. The Morgan fingerprint density at radius 3 is 2.86 bits per heavy atom. The maximum absolute atomic E-state index is 10.8. The Morgan fingerprint density at radius 1 is 1.29 bits per heavy atom. The first kappa shape index (κ1) is 14.5. The van der Waals surface area contributed by atoms with Crippen molar-refractivity contribution in [1.29, 1.82) is 0 Å². The molecule has 1 saturated carbocycles. The highest BCUT2D eigenvalue weighted by Crippen LogP contribution is 2.41. The molecule has 6 heteroatoms. The van der Waals surface area contributed by atoms with Crippen LogP contribution in [0.3, 0.4) is 0 Å². The molecule has 4 N–H and O–H groups in total. The molecule has 1 aromatic rings. The summed E-state index contributed by atoms with van der Waals surface area (Å²) in [6.45, 7) is 5.59. The first-order valence-electron chi connectivity index (χ1n) is 7.83. The van der Waals surface area contributed by atoms with Gasteiger partial charge in [0.1, 0.15) is 17.5 Å². The minimum Gasteiger partial charge on any atom is -0.389 e. The van der Waals surface area contributed by atoms with E-state index < -0.39 is 5.60 Å². The second kappa shape index (κ2) is 5.42. The second-order valence-electron chi connectivity index (χ2n) is 6.45. The number of aliphatic hydroxyl groups is 1. The van der Waals surface area contributed by atoms with Crippen molar-refractivity contribution in [2.75, 3.05) is 23.4 Å². The van der Waals surface area contributed by atoms with Gasteiger partial charge in [-0.15, -0.1) is 0 Å². The van der Waals surface area contributed by atoms with E-state index in [4.69, 9.17) is 5.84 Å². The smallest absolute Gasteiger partial charge is 0.148 e. The Morgan fingerprint density at radius 2 is 2.10 bits per heavy atom.